The van der Waals surface area contributed by atoms with Crippen LogP contribution in [-0.4, -0.2) is 39.7 Å². The summed E-state index contributed by atoms with van der Waals surface area (Å²) in [5.41, 5.74) is 0.636. The highest BCUT2D eigenvalue weighted by atomic mass is 32.2. The minimum absolute atomic E-state index is 0.346. The van der Waals surface area contributed by atoms with E-state index in [0.29, 0.717) is 17.2 Å². The number of carboxylic acid groups (broad SMARTS) is 1. The molecule has 1 heterocycles. The van der Waals surface area contributed by atoms with Crippen LogP contribution in [0.1, 0.15) is 18.5 Å². The molecule has 20 heavy (non-hydrogen) atoms. The maximum Gasteiger partial charge on any atom is 0.327 e. The van der Waals surface area contributed by atoms with Crippen molar-refractivity contribution in [1.29, 1.82) is 0 Å². The molecule has 1 aromatic carbocycles. The molecule has 5 nitrogen and oxygen atoms in total. The number of nitrogens with one attached hydrogen (secondary N) is 1. The molecule has 2 atom stereocenters. The zero-order chi connectivity index (χ0) is 14.7. The average molecular weight is 298 g/mol. The fourth-order valence-corrected chi connectivity index (χ4v) is 3.12. The fraction of sp³-hybridized carbons (Fsp3) is 0.385. The molecular formula is C13H15FN2O3S. The minimum Gasteiger partial charge on any atom is -0.480 e. The molecule has 1 saturated heterocycles. The standard InChI is InChI=1S/C13H15FN2O3S/c1-8(9-3-2-4-10(14)5-9)15-13(19)16-7-20-6-11(16)12(17)18/h2-5,8,11H,6-7H2,1H3,(H,15,19)(H,17,18)/t8?,11-/m0/s1. The van der Waals surface area contributed by atoms with Crippen molar-refractivity contribution in [3.63, 3.8) is 0 Å². The van der Waals surface area contributed by atoms with Crippen LogP contribution in [0.2, 0.25) is 0 Å². The second-order valence-electron chi connectivity index (χ2n) is 4.55. The van der Waals surface area contributed by atoms with Crippen molar-refractivity contribution in [3.8, 4) is 0 Å². The smallest absolute Gasteiger partial charge is 0.327 e. The van der Waals surface area contributed by atoms with Crippen LogP contribution in [0.3, 0.4) is 0 Å². The van der Waals surface area contributed by atoms with Gasteiger partial charge in [-0.15, -0.1) is 11.8 Å². The number of benzene rings is 1. The maximum atomic E-state index is 13.1. The minimum atomic E-state index is -1.01. The summed E-state index contributed by atoms with van der Waals surface area (Å²) in [6.45, 7) is 1.73. The van der Waals surface area contributed by atoms with Gasteiger partial charge < -0.3 is 15.3 Å². The quantitative estimate of drug-likeness (QED) is 0.896. The molecule has 0 saturated carbocycles. The van der Waals surface area contributed by atoms with Gasteiger partial charge in [0.15, 0.2) is 0 Å². The number of aliphatic carboxylic acids is 1. The van der Waals surface area contributed by atoms with Gasteiger partial charge in [0.2, 0.25) is 0 Å². The SMILES string of the molecule is CC(NC(=O)N1CSC[C@H]1C(=O)O)c1cccc(F)c1. The Balaban J connectivity index is 2.02. The lowest BCUT2D eigenvalue weighted by atomic mass is 10.1. The van der Waals surface area contributed by atoms with Crippen molar-refractivity contribution < 1.29 is 19.1 Å². The van der Waals surface area contributed by atoms with Crippen LogP contribution in [-0.2, 0) is 4.79 Å². The molecule has 1 fully saturated rings. The van der Waals surface area contributed by atoms with Crippen LogP contribution in [0, 0.1) is 5.82 Å². The molecule has 7 heteroatoms. The van der Waals surface area contributed by atoms with E-state index >= 15 is 0 Å². The largest absolute Gasteiger partial charge is 0.480 e. The number of urea groups is 1. The fourth-order valence-electron chi connectivity index (χ4n) is 1.97. The van der Waals surface area contributed by atoms with Gasteiger partial charge in [-0.05, 0) is 24.6 Å². The number of carboxylic acids is 1. The predicted octanol–water partition coefficient (Wildman–Crippen LogP) is 2.06. The Morgan fingerprint density at radius 2 is 2.30 bits per heavy atom. The third-order valence-corrected chi connectivity index (χ3v) is 4.13. The number of carbonyl (C=O) groups excluding carboxylic acids is 1. The van der Waals surface area contributed by atoms with Crippen LogP contribution >= 0.6 is 11.8 Å². The number of thioether (sulfide) groups is 1. The molecule has 0 aromatic heterocycles. The second kappa shape index (κ2) is 6.13. The highest BCUT2D eigenvalue weighted by molar-refractivity contribution is 7.99. The van der Waals surface area contributed by atoms with Crippen molar-refractivity contribution in [1.82, 2.24) is 10.2 Å². The van der Waals surface area contributed by atoms with Gasteiger partial charge in [0.1, 0.15) is 11.9 Å². The Morgan fingerprint density at radius 1 is 1.55 bits per heavy atom. The summed E-state index contributed by atoms with van der Waals surface area (Å²) in [6, 6.07) is 4.31. The molecule has 0 radical (unpaired) electrons. The Labute approximate surface area is 120 Å². The van der Waals surface area contributed by atoms with Crippen LogP contribution in [0.25, 0.3) is 0 Å². The zero-order valence-electron chi connectivity index (χ0n) is 10.9. The molecule has 2 rings (SSSR count). The molecule has 2 amide bonds. The Hall–Kier alpha value is -1.76. The Bertz CT molecular complexity index is 526. The van der Waals surface area contributed by atoms with Gasteiger partial charge in [0.05, 0.1) is 11.9 Å². The van der Waals surface area contributed by atoms with E-state index in [1.165, 1.54) is 28.8 Å². The highest BCUT2D eigenvalue weighted by Gasteiger charge is 2.35. The lowest BCUT2D eigenvalue weighted by Crippen LogP contribution is -2.47. The number of halogens is 1. The maximum absolute atomic E-state index is 13.1. The first-order valence-electron chi connectivity index (χ1n) is 6.12. The summed E-state index contributed by atoms with van der Waals surface area (Å²) < 4.78 is 13.1. The van der Waals surface area contributed by atoms with E-state index in [2.05, 4.69) is 5.32 Å². The van der Waals surface area contributed by atoms with Gasteiger partial charge in [-0.25, -0.2) is 14.0 Å². The van der Waals surface area contributed by atoms with E-state index in [1.54, 1.807) is 19.1 Å². The number of rotatable bonds is 3. The summed E-state index contributed by atoms with van der Waals surface area (Å²) in [6.07, 6.45) is 0. The Morgan fingerprint density at radius 3 is 2.95 bits per heavy atom. The van der Waals surface area contributed by atoms with Gasteiger partial charge in [-0.1, -0.05) is 12.1 Å². The normalized spacial score (nSPS) is 19.7. The van der Waals surface area contributed by atoms with Gasteiger partial charge >= 0.3 is 12.0 Å². The first-order chi connectivity index (χ1) is 9.49. The summed E-state index contributed by atoms with van der Waals surface area (Å²) in [5, 5.41) is 11.7. The monoisotopic (exact) mass is 298 g/mol. The van der Waals surface area contributed by atoms with Crippen molar-refractivity contribution in [3.05, 3.63) is 35.6 Å². The van der Waals surface area contributed by atoms with Crippen molar-refractivity contribution in [2.75, 3.05) is 11.6 Å². The summed E-state index contributed by atoms with van der Waals surface area (Å²) >= 11 is 1.40. The Kier molecular flexibility index (Phi) is 4.49. The van der Waals surface area contributed by atoms with E-state index in [0.717, 1.165) is 0 Å². The first-order valence-corrected chi connectivity index (χ1v) is 7.27. The number of nitrogens with zero attached hydrogens (tertiary/aromatic N) is 1. The highest BCUT2D eigenvalue weighted by Crippen LogP contribution is 2.22. The van der Waals surface area contributed by atoms with Crippen LogP contribution in [0.5, 0.6) is 0 Å². The third-order valence-electron chi connectivity index (χ3n) is 3.12. The number of hydrogen-bond acceptors (Lipinski definition) is 3. The summed E-state index contributed by atoms with van der Waals surface area (Å²) in [5.74, 6) is -0.650. The molecule has 1 aromatic rings. The van der Waals surface area contributed by atoms with E-state index in [-0.39, 0.29) is 5.82 Å². The summed E-state index contributed by atoms with van der Waals surface area (Å²) in [4.78, 5) is 24.4. The van der Waals surface area contributed by atoms with E-state index in [9.17, 15) is 14.0 Å². The molecule has 0 bridgehead atoms. The summed E-state index contributed by atoms with van der Waals surface area (Å²) in [7, 11) is 0. The van der Waals surface area contributed by atoms with Crippen LogP contribution < -0.4 is 5.32 Å². The van der Waals surface area contributed by atoms with E-state index in [4.69, 9.17) is 5.11 Å². The second-order valence-corrected chi connectivity index (χ2v) is 5.55. The molecule has 2 N–H and O–H groups in total. The van der Waals surface area contributed by atoms with Gasteiger partial charge in [-0.2, -0.15) is 0 Å². The molecule has 1 aliphatic rings. The van der Waals surface area contributed by atoms with E-state index in [1.807, 2.05) is 0 Å². The van der Waals surface area contributed by atoms with Crippen molar-refractivity contribution >= 4 is 23.8 Å². The van der Waals surface area contributed by atoms with Crippen LogP contribution in [0.4, 0.5) is 9.18 Å². The lowest BCUT2D eigenvalue weighted by molar-refractivity contribution is -0.140. The molecule has 0 spiro atoms. The molecular weight excluding hydrogens is 283 g/mol. The number of carbonyl (C=O) groups is 2. The molecule has 1 unspecified atom stereocenters. The van der Waals surface area contributed by atoms with Gasteiger partial charge in [0.25, 0.3) is 0 Å². The average Bonchev–Trinajstić information content (AvgIpc) is 2.88. The zero-order valence-corrected chi connectivity index (χ0v) is 11.7. The number of amides is 2. The lowest BCUT2D eigenvalue weighted by Gasteiger charge is -2.23. The van der Waals surface area contributed by atoms with Crippen LogP contribution in [0.15, 0.2) is 24.3 Å². The van der Waals surface area contributed by atoms with Gasteiger partial charge in [-0.3, -0.25) is 0 Å². The van der Waals surface area contributed by atoms with Gasteiger partial charge in [0, 0.05) is 5.75 Å². The predicted molar refractivity (Wildman–Crippen MR) is 73.9 cm³/mol. The molecule has 1 aliphatic heterocycles. The van der Waals surface area contributed by atoms with Crippen molar-refractivity contribution in [2.45, 2.75) is 19.0 Å². The first kappa shape index (κ1) is 14.6. The van der Waals surface area contributed by atoms with Crippen molar-refractivity contribution in [2.24, 2.45) is 0 Å². The third kappa shape index (κ3) is 3.22. The van der Waals surface area contributed by atoms with E-state index < -0.39 is 24.1 Å². The topological polar surface area (TPSA) is 69.6 Å². The molecule has 108 valence electrons. The number of hydrogen-bond donors (Lipinski definition) is 2. The molecule has 0 aliphatic carbocycles.